The summed E-state index contributed by atoms with van der Waals surface area (Å²) in [5, 5.41) is 8.97. The molecule has 14 heavy (non-hydrogen) atoms. The first-order valence-corrected chi connectivity index (χ1v) is 5.28. The summed E-state index contributed by atoms with van der Waals surface area (Å²) < 4.78 is 6.48. The summed E-state index contributed by atoms with van der Waals surface area (Å²) in [6.45, 7) is 5.87. The van der Waals surface area contributed by atoms with Gasteiger partial charge < -0.3 is 9.76 Å². The Morgan fingerprint density at radius 3 is 2.57 bits per heavy atom. The molecule has 0 bridgehead atoms. The van der Waals surface area contributed by atoms with Gasteiger partial charge in [0, 0.05) is 0 Å². The van der Waals surface area contributed by atoms with Crippen LogP contribution in [-0.4, -0.2) is 18.6 Å². The van der Waals surface area contributed by atoms with Crippen LogP contribution < -0.4 is 10.2 Å². The summed E-state index contributed by atoms with van der Waals surface area (Å²) >= 11 is 3.42. The highest BCUT2D eigenvalue weighted by molar-refractivity contribution is 9.10. The molecule has 1 rings (SSSR count). The number of hydrogen-bond donors (Lipinski definition) is 1. The molecule has 0 atom stereocenters. The summed E-state index contributed by atoms with van der Waals surface area (Å²) in [5.74, 6) is 0.755. The largest absolute Gasteiger partial charge is 0.490 e. The molecular formula is C10H13BBrO2. The lowest BCUT2D eigenvalue weighted by Crippen LogP contribution is -2.18. The summed E-state index contributed by atoms with van der Waals surface area (Å²) in [6, 6.07) is 3.75. The molecule has 0 amide bonds. The molecule has 75 valence electrons. The van der Waals surface area contributed by atoms with Gasteiger partial charge in [0.1, 0.15) is 5.75 Å². The van der Waals surface area contributed by atoms with Crippen molar-refractivity contribution in [3.8, 4) is 5.75 Å². The minimum absolute atomic E-state index is 0.126. The lowest BCUT2D eigenvalue weighted by Gasteiger charge is -2.13. The standard InChI is InChI=1S/C10H13BBrO2/c1-6(2)14-10-5-8(11-13)7(3)4-9(10)12/h4-6,13H,1-3H3. The topological polar surface area (TPSA) is 29.5 Å². The first-order chi connectivity index (χ1) is 6.54. The highest BCUT2D eigenvalue weighted by atomic mass is 79.9. The van der Waals surface area contributed by atoms with Crippen molar-refractivity contribution in [3.63, 3.8) is 0 Å². The maximum atomic E-state index is 8.97. The Labute approximate surface area is 93.7 Å². The minimum Gasteiger partial charge on any atom is -0.490 e. The predicted molar refractivity (Wildman–Crippen MR) is 62.2 cm³/mol. The van der Waals surface area contributed by atoms with Gasteiger partial charge >= 0.3 is 7.48 Å². The van der Waals surface area contributed by atoms with Crippen LogP contribution in [0, 0.1) is 6.92 Å². The number of rotatable bonds is 3. The van der Waals surface area contributed by atoms with Gasteiger partial charge in [-0.3, -0.25) is 0 Å². The van der Waals surface area contributed by atoms with E-state index in [-0.39, 0.29) is 6.10 Å². The van der Waals surface area contributed by atoms with E-state index in [0.717, 1.165) is 28.7 Å². The van der Waals surface area contributed by atoms with Crippen LogP contribution in [-0.2, 0) is 0 Å². The molecule has 0 saturated heterocycles. The molecule has 1 aromatic carbocycles. The van der Waals surface area contributed by atoms with Crippen LogP contribution in [0.15, 0.2) is 16.6 Å². The molecule has 0 aromatic heterocycles. The van der Waals surface area contributed by atoms with Crippen molar-refractivity contribution < 1.29 is 9.76 Å². The number of aryl methyl sites for hydroxylation is 1. The van der Waals surface area contributed by atoms with Crippen LogP contribution in [0.4, 0.5) is 0 Å². The second-order valence-corrected chi connectivity index (χ2v) is 4.29. The van der Waals surface area contributed by atoms with E-state index in [2.05, 4.69) is 15.9 Å². The Morgan fingerprint density at radius 1 is 1.43 bits per heavy atom. The monoisotopic (exact) mass is 255 g/mol. The molecule has 0 saturated carbocycles. The van der Waals surface area contributed by atoms with Crippen LogP contribution in [0.3, 0.4) is 0 Å². The molecule has 1 radical (unpaired) electrons. The van der Waals surface area contributed by atoms with Gasteiger partial charge in [0.15, 0.2) is 0 Å². The average Bonchev–Trinajstić information content (AvgIpc) is 2.09. The Hall–Kier alpha value is -0.475. The first-order valence-electron chi connectivity index (χ1n) is 4.49. The van der Waals surface area contributed by atoms with Gasteiger partial charge in [-0.15, -0.1) is 0 Å². The van der Waals surface area contributed by atoms with E-state index in [0.29, 0.717) is 0 Å². The highest BCUT2D eigenvalue weighted by Gasteiger charge is 2.08. The average molecular weight is 256 g/mol. The highest BCUT2D eigenvalue weighted by Crippen LogP contribution is 2.25. The van der Waals surface area contributed by atoms with Gasteiger partial charge in [-0.05, 0) is 54.3 Å². The van der Waals surface area contributed by atoms with Crippen LogP contribution in [0.5, 0.6) is 5.75 Å². The molecule has 1 aromatic rings. The van der Waals surface area contributed by atoms with Crippen LogP contribution in [0.2, 0.25) is 0 Å². The van der Waals surface area contributed by atoms with E-state index in [9.17, 15) is 0 Å². The third-order valence-electron chi connectivity index (χ3n) is 1.82. The molecule has 2 nitrogen and oxygen atoms in total. The zero-order valence-corrected chi connectivity index (χ0v) is 10.1. The first kappa shape index (κ1) is 11.6. The van der Waals surface area contributed by atoms with Gasteiger partial charge in [0.25, 0.3) is 0 Å². The summed E-state index contributed by atoms with van der Waals surface area (Å²) in [6.07, 6.45) is 0.126. The summed E-state index contributed by atoms with van der Waals surface area (Å²) in [4.78, 5) is 0. The molecule has 4 heteroatoms. The van der Waals surface area contributed by atoms with Crippen molar-refractivity contribution in [2.75, 3.05) is 0 Å². The third-order valence-corrected chi connectivity index (χ3v) is 2.44. The van der Waals surface area contributed by atoms with E-state index in [4.69, 9.17) is 9.76 Å². The normalized spacial score (nSPS) is 10.4. The molecule has 0 unspecified atom stereocenters. The number of benzene rings is 1. The predicted octanol–water partition coefficient (Wildman–Crippen LogP) is 1.78. The molecule has 0 aliphatic rings. The Bertz CT molecular complexity index is 326. The number of halogens is 1. The second kappa shape index (κ2) is 4.85. The number of ether oxygens (including phenoxy) is 1. The number of hydrogen-bond acceptors (Lipinski definition) is 2. The van der Waals surface area contributed by atoms with E-state index in [1.807, 2.05) is 32.9 Å². The van der Waals surface area contributed by atoms with Crippen molar-refractivity contribution in [2.45, 2.75) is 26.9 Å². The molecule has 0 spiro atoms. The van der Waals surface area contributed by atoms with Gasteiger partial charge in [0.05, 0.1) is 10.6 Å². The van der Waals surface area contributed by atoms with Crippen LogP contribution in [0.1, 0.15) is 19.4 Å². The fourth-order valence-corrected chi connectivity index (χ4v) is 1.70. The van der Waals surface area contributed by atoms with Crippen LogP contribution >= 0.6 is 15.9 Å². The Balaban J connectivity index is 3.04. The Morgan fingerprint density at radius 2 is 2.07 bits per heavy atom. The van der Waals surface area contributed by atoms with E-state index in [1.165, 1.54) is 0 Å². The van der Waals surface area contributed by atoms with E-state index >= 15 is 0 Å². The van der Waals surface area contributed by atoms with Gasteiger partial charge in [-0.2, -0.15) is 0 Å². The SMILES string of the molecule is Cc1cc(Br)c(OC(C)C)cc1[B]O. The lowest BCUT2D eigenvalue weighted by atomic mass is 9.85. The van der Waals surface area contributed by atoms with Gasteiger partial charge in [-0.25, -0.2) is 0 Å². The Kier molecular flexibility index (Phi) is 4.02. The van der Waals surface area contributed by atoms with Crippen molar-refractivity contribution in [3.05, 3.63) is 22.2 Å². The fourth-order valence-electron chi connectivity index (χ4n) is 1.15. The quantitative estimate of drug-likeness (QED) is 0.835. The molecule has 0 heterocycles. The van der Waals surface area contributed by atoms with Crippen molar-refractivity contribution in [1.29, 1.82) is 0 Å². The maximum Gasteiger partial charge on any atom is 0.327 e. The smallest absolute Gasteiger partial charge is 0.327 e. The van der Waals surface area contributed by atoms with Crippen molar-refractivity contribution in [1.82, 2.24) is 0 Å². The van der Waals surface area contributed by atoms with E-state index in [1.54, 1.807) is 0 Å². The second-order valence-electron chi connectivity index (χ2n) is 3.43. The molecule has 0 aliphatic heterocycles. The fraction of sp³-hybridized carbons (Fsp3) is 0.400. The minimum atomic E-state index is 0.126. The maximum absolute atomic E-state index is 8.97. The summed E-state index contributed by atoms with van der Waals surface area (Å²) in [5.41, 5.74) is 1.79. The molecule has 0 aliphatic carbocycles. The van der Waals surface area contributed by atoms with Gasteiger partial charge in [-0.1, -0.05) is 5.56 Å². The zero-order chi connectivity index (χ0) is 10.7. The third kappa shape index (κ3) is 2.76. The van der Waals surface area contributed by atoms with Gasteiger partial charge in [0.2, 0.25) is 0 Å². The lowest BCUT2D eigenvalue weighted by molar-refractivity contribution is 0.241. The molecule has 0 fully saturated rings. The van der Waals surface area contributed by atoms with E-state index < -0.39 is 0 Å². The summed E-state index contributed by atoms with van der Waals surface area (Å²) in [7, 11) is 1.09. The van der Waals surface area contributed by atoms with Crippen molar-refractivity contribution >= 4 is 28.9 Å². The molecular weight excluding hydrogens is 243 g/mol. The van der Waals surface area contributed by atoms with Crippen LogP contribution in [0.25, 0.3) is 0 Å². The van der Waals surface area contributed by atoms with Crippen molar-refractivity contribution in [2.24, 2.45) is 0 Å². The molecule has 1 N–H and O–H groups in total. The zero-order valence-electron chi connectivity index (χ0n) is 8.54.